The lowest BCUT2D eigenvalue weighted by molar-refractivity contribution is 0.400. The zero-order valence-electron chi connectivity index (χ0n) is 22.1. The molecule has 0 fully saturated rings. The van der Waals surface area contributed by atoms with Crippen molar-refractivity contribution in [1.82, 2.24) is 19.5 Å². The van der Waals surface area contributed by atoms with Crippen molar-refractivity contribution in [3.8, 4) is 45.1 Å². The summed E-state index contributed by atoms with van der Waals surface area (Å²) in [6.07, 6.45) is 3.56. The van der Waals surface area contributed by atoms with E-state index in [0.29, 0.717) is 5.88 Å². The molecule has 5 nitrogen and oxygen atoms in total. The molecule has 194 valence electrons. The molecule has 0 amide bonds. The Morgan fingerprint density at radius 3 is 1.88 bits per heavy atom. The first-order valence-corrected chi connectivity index (χ1v) is 13.6. The van der Waals surface area contributed by atoms with Crippen LogP contribution in [0.15, 0.2) is 150 Å². The summed E-state index contributed by atoms with van der Waals surface area (Å²) < 4.78 is 9.61. The fraction of sp³-hybridized carbons (Fsp3) is 0. The van der Waals surface area contributed by atoms with E-state index in [1.807, 2.05) is 18.3 Å². The van der Waals surface area contributed by atoms with E-state index >= 15 is 0 Å². The lowest BCUT2D eigenvalue weighted by atomic mass is 9.97. The minimum absolute atomic E-state index is 0.581. The highest BCUT2D eigenvalue weighted by Gasteiger charge is 2.16. The Kier molecular flexibility index (Phi) is 5.38. The van der Waals surface area contributed by atoms with Crippen LogP contribution in [0.1, 0.15) is 0 Å². The van der Waals surface area contributed by atoms with Crippen molar-refractivity contribution >= 4 is 21.8 Å². The SMILES string of the molecule is c1ccc(-c2cccc(-c3ccc4c(c3)c3cc(-c5cc(-n6cccn6)on5)ccc3n4-c3ccccc3)c2)cc1. The minimum atomic E-state index is 0.581. The maximum atomic E-state index is 5.61. The molecule has 0 aliphatic heterocycles. The fourth-order valence-corrected chi connectivity index (χ4v) is 5.64. The van der Waals surface area contributed by atoms with Gasteiger partial charge in [-0.3, -0.25) is 0 Å². The van der Waals surface area contributed by atoms with Crippen molar-refractivity contribution in [2.75, 3.05) is 0 Å². The van der Waals surface area contributed by atoms with Crippen LogP contribution in [-0.4, -0.2) is 19.5 Å². The van der Waals surface area contributed by atoms with Crippen LogP contribution in [0.2, 0.25) is 0 Å². The molecule has 8 aromatic rings. The summed E-state index contributed by atoms with van der Waals surface area (Å²) in [6, 6.07) is 46.8. The van der Waals surface area contributed by atoms with E-state index in [4.69, 9.17) is 4.52 Å². The Labute approximate surface area is 236 Å². The van der Waals surface area contributed by atoms with Crippen LogP contribution in [-0.2, 0) is 0 Å². The molecule has 0 N–H and O–H groups in total. The molecule has 0 saturated heterocycles. The molecule has 0 spiro atoms. The predicted octanol–water partition coefficient (Wildman–Crippen LogP) is 8.96. The molecule has 5 aromatic carbocycles. The number of benzene rings is 5. The van der Waals surface area contributed by atoms with E-state index in [-0.39, 0.29) is 0 Å². The maximum absolute atomic E-state index is 5.61. The van der Waals surface area contributed by atoms with E-state index < -0.39 is 0 Å². The third-order valence-corrected chi connectivity index (χ3v) is 7.61. The third-order valence-electron chi connectivity index (χ3n) is 7.61. The lowest BCUT2D eigenvalue weighted by Crippen LogP contribution is -1.93. The largest absolute Gasteiger partial charge is 0.336 e. The van der Waals surface area contributed by atoms with Crippen molar-refractivity contribution in [1.29, 1.82) is 0 Å². The van der Waals surface area contributed by atoms with E-state index in [2.05, 4.69) is 136 Å². The molecule has 3 aromatic heterocycles. The Bertz CT molecular complexity index is 2140. The van der Waals surface area contributed by atoms with Crippen LogP contribution in [0.4, 0.5) is 0 Å². The number of para-hydroxylation sites is 1. The summed E-state index contributed by atoms with van der Waals surface area (Å²) in [4.78, 5) is 0. The molecule has 3 heterocycles. The van der Waals surface area contributed by atoms with Gasteiger partial charge >= 0.3 is 0 Å². The van der Waals surface area contributed by atoms with Gasteiger partial charge in [0.1, 0.15) is 5.69 Å². The lowest BCUT2D eigenvalue weighted by Gasteiger charge is -2.09. The fourth-order valence-electron chi connectivity index (χ4n) is 5.64. The summed E-state index contributed by atoms with van der Waals surface area (Å²) in [5, 5.41) is 11.0. The van der Waals surface area contributed by atoms with Gasteiger partial charge in [0.05, 0.1) is 11.0 Å². The minimum Gasteiger partial charge on any atom is -0.336 e. The highest BCUT2D eigenvalue weighted by atomic mass is 16.5. The molecule has 0 radical (unpaired) electrons. The predicted molar refractivity (Wildman–Crippen MR) is 164 cm³/mol. The molecule has 0 saturated carbocycles. The van der Waals surface area contributed by atoms with E-state index in [1.54, 1.807) is 10.9 Å². The van der Waals surface area contributed by atoms with Gasteiger partial charge in [0.25, 0.3) is 5.88 Å². The van der Waals surface area contributed by atoms with Crippen molar-refractivity contribution in [2.24, 2.45) is 0 Å². The number of hydrogen-bond acceptors (Lipinski definition) is 3. The van der Waals surface area contributed by atoms with Crippen molar-refractivity contribution in [3.63, 3.8) is 0 Å². The van der Waals surface area contributed by atoms with Crippen LogP contribution >= 0.6 is 0 Å². The molecule has 0 aliphatic carbocycles. The molecular weight excluding hydrogens is 504 g/mol. The second-order valence-corrected chi connectivity index (χ2v) is 10.1. The second kappa shape index (κ2) is 9.50. The van der Waals surface area contributed by atoms with E-state index in [1.165, 1.54) is 27.6 Å². The van der Waals surface area contributed by atoms with Crippen LogP contribution in [0.3, 0.4) is 0 Å². The normalized spacial score (nSPS) is 11.4. The Morgan fingerprint density at radius 1 is 0.512 bits per heavy atom. The van der Waals surface area contributed by atoms with Gasteiger partial charge in [0, 0.05) is 40.5 Å². The number of rotatable bonds is 5. The zero-order chi connectivity index (χ0) is 27.2. The first-order valence-electron chi connectivity index (χ1n) is 13.6. The second-order valence-electron chi connectivity index (χ2n) is 10.1. The smallest absolute Gasteiger partial charge is 0.252 e. The van der Waals surface area contributed by atoms with E-state index in [0.717, 1.165) is 33.4 Å². The number of nitrogens with zero attached hydrogens (tertiary/aromatic N) is 4. The topological polar surface area (TPSA) is 48.8 Å². The summed E-state index contributed by atoms with van der Waals surface area (Å²) in [5.74, 6) is 0.581. The molecule has 41 heavy (non-hydrogen) atoms. The molecule has 8 rings (SSSR count). The van der Waals surface area contributed by atoms with Crippen LogP contribution < -0.4 is 0 Å². The number of aromatic nitrogens is 4. The summed E-state index contributed by atoms with van der Waals surface area (Å²) >= 11 is 0. The zero-order valence-corrected chi connectivity index (χ0v) is 22.1. The van der Waals surface area contributed by atoms with Crippen LogP contribution in [0.5, 0.6) is 0 Å². The van der Waals surface area contributed by atoms with Gasteiger partial charge < -0.3 is 9.09 Å². The van der Waals surface area contributed by atoms with Gasteiger partial charge in [-0.15, -0.1) is 0 Å². The Hall–Kier alpha value is -5.68. The number of fused-ring (bicyclic) bond motifs is 3. The number of hydrogen-bond donors (Lipinski definition) is 0. The first-order chi connectivity index (χ1) is 20.3. The van der Waals surface area contributed by atoms with E-state index in [9.17, 15) is 0 Å². The quantitative estimate of drug-likeness (QED) is 0.224. The standard InChI is InChI=1S/C36H24N4O/c1-3-9-25(10-4-1)26-11-7-12-27(21-26)28-15-17-34-31(22-28)32-23-29(33-24-36(41-38-33)39-20-8-19-37-39)16-18-35(32)40(34)30-13-5-2-6-14-30/h1-24H. The van der Waals surface area contributed by atoms with Gasteiger partial charge in [0.2, 0.25) is 0 Å². The summed E-state index contributed by atoms with van der Waals surface area (Å²) in [6.45, 7) is 0. The van der Waals surface area contributed by atoms with Gasteiger partial charge in [-0.1, -0.05) is 84.0 Å². The van der Waals surface area contributed by atoms with Crippen molar-refractivity contribution in [2.45, 2.75) is 0 Å². The Balaban J connectivity index is 1.31. The van der Waals surface area contributed by atoms with Gasteiger partial charge in [-0.2, -0.15) is 5.10 Å². The monoisotopic (exact) mass is 528 g/mol. The van der Waals surface area contributed by atoms with Crippen LogP contribution in [0.25, 0.3) is 66.9 Å². The average Bonchev–Trinajstić information content (AvgIpc) is 3.81. The Morgan fingerprint density at radius 2 is 1.15 bits per heavy atom. The maximum Gasteiger partial charge on any atom is 0.252 e. The van der Waals surface area contributed by atoms with Gasteiger partial charge in [0.15, 0.2) is 0 Å². The summed E-state index contributed by atoms with van der Waals surface area (Å²) in [5.41, 5.74) is 9.96. The summed E-state index contributed by atoms with van der Waals surface area (Å²) in [7, 11) is 0. The van der Waals surface area contributed by atoms with Crippen LogP contribution in [0, 0.1) is 0 Å². The molecule has 5 heteroatoms. The van der Waals surface area contributed by atoms with Gasteiger partial charge in [-0.25, -0.2) is 4.68 Å². The van der Waals surface area contributed by atoms with Gasteiger partial charge in [-0.05, 0) is 70.8 Å². The first kappa shape index (κ1) is 23.2. The van der Waals surface area contributed by atoms with Crippen molar-refractivity contribution < 1.29 is 4.52 Å². The third kappa shape index (κ3) is 4.03. The highest BCUT2D eigenvalue weighted by molar-refractivity contribution is 6.11. The highest BCUT2D eigenvalue weighted by Crippen LogP contribution is 2.37. The average molecular weight is 529 g/mol. The molecule has 0 aliphatic rings. The van der Waals surface area contributed by atoms with Crippen molar-refractivity contribution in [3.05, 3.63) is 146 Å². The molecule has 0 atom stereocenters. The molecular formula is C36H24N4O. The molecule has 0 bridgehead atoms. The molecule has 0 unspecified atom stereocenters.